The molecule has 0 radical (unpaired) electrons. The Bertz CT molecular complexity index is 416. The fourth-order valence-corrected chi connectivity index (χ4v) is 1.77. The first kappa shape index (κ1) is 21.3. The minimum atomic E-state index is -3.97. The van der Waals surface area contributed by atoms with Crippen LogP contribution >= 0.6 is 0 Å². The van der Waals surface area contributed by atoms with Crippen LogP contribution in [0, 0.1) is 0 Å². The van der Waals surface area contributed by atoms with Gasteiger partial charge in [0.05, 0.1) is 25.9 Å². The quantitative estimate of drug-likeness (QED) is 0.305. The maximum absolute atomic E-state index is 11.1. The van der Waals surface area contributed by atoms with Gasteiger partial charge in [-0.05, 0) is 13.8 Å². The van der Waals surface area contributed by atoms with Gasteiger partial charge in [0.15, 0.2) is 0 Å². The Hall–Kier alpha value is -0.960. The van der Waals surface area contributed by atoms with Gasteiger partial charge in [0.1, 0.15) is 13.2 Å². The maximum Gasteiger partial charge on any atom is 0.330 e. The highest BCUT2D eigenvalue weighted by Crippen LogP contribution is 2.07. The summed E-state index contributed by atoms with van der Waals surface area (Å²) in [5, 5.41) is -0.782. The van der Waals surface area contributed by atoms with Crippen LogP contribution in [0.1, 0.15) is 20.3 Å². The predicted molar refractivity (Wildman–Crippen MR) is 75.2 cm³/mol. The van der Waals surface area contributed by atoms with Crippen molar-refractivity contribution in [1.29, 1.82) is 0 Å². The third kappa shape index (κ3) is 9.90. The van der Waals surface area contributed by atoms with E-state index in [0.29, 0.717) is 24.0 Å². The van der Waals surface area contributed by atoms with Gasteiger partial charge in [-0.15, -0.1) is 0 Å². The molecule has 0 heterocycles. The zero-order valence-corrected chi connectivity index (χ0v) is 13.3. The number of likely N-dealkylation sites (N-methyl/N-ethyl adjacent to an activating group) is 1. The molecule has 0 bridgehead atoms. The number of carbonyl (C=O) groups is 1. The summed E-state index contributed by atoms with van der Waals surface area (Å²) < 4.78 is 36.2. The first-order valence-corrected chi connectivity index (χ1v) is 7.66. The number of quaternary nitrogens is 1. The first-order valence-electron chi connectivity index (χ1n) is 6.16. The molecular formula is C12H25NO6S. The number of rotatable bonds is 8. The predicted octanol–water partition coefficient (Wildman–Crippen LogP) is 0.672. The van der Waals surface area contributed by atoms with E-state index in [1.807, 2.05) is 14.1 Å². The van der Waals surface area contributed by atoms with Crippen molar-refractivity contribution >= 4 is 16.1 Å². The largest absolute Gasteiger partial charge is 0.870 e. The van der Waals surface area contributed by atoms with Gasteiger partial charge in [-0.3, -0.25) is 4.55 Å². The van der Waals surface area contributed by atoms with E-state index in [9.17, 15) is 13.2 Å². The fraction of sp³-hybridized carbons (Fsp3) is 0.750. The number of hydrogen-bond acceptors (Lipinski definition) is 5. The topological polar surface area (TPSA) is 111 Å². The summed E-state index contributed by atoms with van der Waals surface area (Å²) in [4.78, 5) is 11.1. The van der Waals surface area contributed by atoms with Crippen molar-refractivity contribution in [3.63, 3.8) is 0 Å². The van der Waals surface area contributed by atoms with E-state index in [2.05, 4.69) is 0 Å². The van der Waals surface area contributed by atoms with E-state index in [-0.39, 0.29) is 18.1 Å². The van der Waals surface area contributed by atoms with Crippen LogP contribution in [-0.2, 0) is 19.6 Å². The van der Waals surface area contributed by atoms with Crippen molar-refractivity contribution in [3.05, 3.63) is 12.2 Å². The number of carbonyl (C=O) groups excluding carboxylic acids is 1. The second-order valence-electron chi connectivity index (χ2n) is 5.16. The smallest absolute Gasteiger partial charge is 0.330 e. The lowest BCUT2D eigenvalue weighted by Crippen LogP contribution is -2.44. The molecule has 0 aliphatic heterocycles. The van der Waals surface area contributed by atoms with Gasteiger partial charge in [0.25, 0.3) is 10.1 Å². The average Bonchev–Trinajstić information content (AvgIpc) is 2.24. The molecule has 0 aliphatic rings. The van der Waals surface area contributed by atoms with E-state index in [4.69, 9.17) is 9.29 Å². The molecule has 1 unspecified atom stereocenters. The zero-order valence-electron chi connectivity index (χ0n) is 12.4. The Balaban J connectivity index is 0. The normalized spacial score (nSPS) is 13.8. The van der Waals surface area contributed by atoms with Crippen LogP contribution in [0.25, 0.3) is 0 Å². The van der Waals surface area contributed by atoms with Crippen LogP contribution in [0.5, 0.6) is 0 Å². The highest BCUT2D eigenvalue weighted by atomic mass is 32.2. The zero-order chi connectivity index (χ0) is 15.1. The monoisotopic (exact) mass is 311 g/mol. The SMILES string of the molecule is CC=CC(=O)OCC[N+](C)(C)CCC(C)S(=O)(=O)O.[OH-]. The molecule has 0 saturated heterocycles. The fourth-order valence-electron chi connectivity index (χ4n) is 1.37. The lowest BCUT2D eigenvalue weighted by atomic mass is 10.3. The molecule has 0 fully saturated rings. The molecule has 0 aromatic rings. The van der Waals surface area contributed by atoms with Crippen molar-refractivity contribution in [3.8, 4) is 0 Å². The number of ether oxygens (including phenoxy) is 1. The number of esters is 1. The van der Waals surface area contributed by atoms with Gasteiger partial charge in [0, 0.05) is 12.5 Å². The Kier molecular flexibility index (Phi) is 9.67. The van der Waals surface area contributed by atoms with Crippen LogP contribution in [-0.4, -0.2) is 67.9 Å². The molecule has 0 saturated carbocycles. The van der Waals surface area contributed by atoms with Crippen LogP contribution < -0.4 is 0 Å². The second kappa shape index (κ2) is 9.06. The van der Waals surface area contributed by atoms with E-state index >= 15 is 0 Å². The third-order valence-corrected chi connectivity index (χ3v) is 4.15. The third-order valence-electron chi connectivity index (χ3n) is 2.89. The van der Waals surface area contributed by atoms with E-state index in [1.165, 1.54) is 13.0 Å². The van der Waals surface area contributed by atoms with Gasteiger partial charge >= 0.3 is 5.97 Å². The molecule has 2 N–H and O–H groups in total. The Morgan fingerprint density at radius 2 is 1.90 bits per heavy atom. The van der Waals surface area contributed by atoms with Crippen molar-refractivity contribution in [1.82, 2.24) is 0 Å². The molecule has 8 heteroatoms. The lowest BCUT2D eigenvalue weighted by Gasteiger charge is -2.30. The Labute approximate surface area is 120 Å². The number of nitrogens with zero attached hydrogens (tertiary/aromatic N) is 1. The van der Waals surface area contributed by atoms with E-state index < -0.39 is 15.4 Å². The highest BCUT2D eigenvalue weighted by Gasteiger charge is 2.22. The summed E-state index contributed by atoms with van der Waals surface area (Å²) in [6, 6.07) is 0. The van der Waals surface area contributed by atoms with E-state index in [1.54, 1.807) is 13.0 Å². The minimum Gasteiger partial charge on any atom is -0.870 e. The van der Waals surface area contributed by atoms with Crippen LogP contribution in [0.3, 0.4) is 0 Å². The molecule has 20 heavy (non-hydrogen) atoms. The molecular weight excluding hydrogens is 286 g/mol. The molecule has 0 aromatic carbocycles. The standard InChI is InChI=1S/C12H23NO5S.H2O/c1-5-6-12(14)18-10-9-13(3,4)8-7-11(2)19(15,16)17;/h5-6,11H,7-10H2,1-4H3;1H2. The molecule has 0 aromatic heterocycles. The van der Waals surface area contributed by atoms with Gasteiger partial charge in [0.2, 0.25) is 0 Å². The summed E-state index contributed by atoms with van der Waals surface area (Å²) >= 11 is 0. The van der Waals surface area contributed by atoms with Gasteiger partial charge < -0.3 is 14.7 Å². The number of allylic oxidation sites excluding steroid dienone is 1. The molecule has 0 amide bonds. The van der Waals surface area contributed by atoms with Gasteiger partial charge in [-0.2, -0.15) is 8.42 Å². The summed E-state index contributed by atoms with van der Waals surface area (Å²) in [6.45, 7) is 4.64. The van der Waals surface area contributed by atoms with Crippen LogP contribution in [0.15, 0.2) is 12.2 Å². The second-order valence-corrected chi connectivity index (χ2v) is 7.00. The summed E-state index contributed by atoms with van der Waals surface area (Å²) in [6.07, 6.45) is 3.31. The van der Waals surface area contributed by atoms with Crippen molar-refractivity contribution in [2.45, 2.75) is 25.5 Å². The summed E-state index contributed by atoms with van der Waals surface area (Å²) in [5.41, 5.74) is 0. The molecule has 7 nitrogen and oxygen atoms in total. The molecule has 1 atom stereocenters. The highest BCUT2D eigenvalue weighted by molar-refractivity contribution is 7.86. The molecule has 120 valence electrons. The average molecular weight is 311 g/mol. The van der Waals surface area contributed by atoms with Crippen molar-refractivity contribution < 1.29 is 32.5 Å². The summed E-state index contributed by atoms with van der Waals surface area (Å²) in [7, 11) is -0.137. The number of hydrogen-bond donors (Lipinski definition) is 1. The van der Waals surface area contributed by atoms with Crippen molar-refractivity contribution in [2.24, 2.45) is 0 Å². The maximum atomic E-state index is 11.1. The molecule has 0 spiro atoms. The van der Waals surface area contributed by atoms with Crippen LogP contribution in [0.4, 0.5) is 0 Å². The van der Waals surface area contributed by atoms with Crippen molar-refractivity contribution in [2.75, 3.05) is 33.8 Å². The van der Waals surface area contributed by atoms with Gasteiger partial charge in [-0.25, -0.2) is 4.79 Å². The summed E-state index contributed by atoms with van der Waals surface area (Å²) in [5.74, 6) is -0.381. The first-order chi connectivity index (χ1) is 8.58. The molecule has 0 aliphatic carbocycles. The van der Waals surface area contributed by atoms with Crippen LogP contribution in [0.2, 0.25) is 0 Å². The molecule has 0 rings (SSSR count). The van der Waals surface area contributed by atoms with Gasteiger partial charge in [-0.1, -0.05) is 6.08 Å². The minimum absolute atomic E-state index is 0. The Morgan fingerprint density at radius 3 is 2.35 bits per heavy atom. The lowest BCUT2D eigenvalue weighted by molar-refractivity contribution is -0.890. The van der Waals surface area contributed by atoms with E-state index in [0.717, 1.165) is 0 Å². The Morgan fingerprint density at radius 1 is 1.35 bits per heavy atom.